The van der Waals surface area contributed by atoms with E-state index in [-0.39, 0.29) is 46.8 Å². The normalized spacial score (nSPS) is 16.4. The van der Waals surface area contributed by atoms with Crippen LogP contribution >= 0.6 is 34.3 Å². The van der Waals surface area contributed by atoms with Crippen molar-refractivity contribution in [2.24, 2.45) is 0 Å². The molecule has 0 radical (unpaired) electrons. The molecule has 0 nitrogen and oxygen atoms in total. The summed E-state index contributed by atoms with van der Waals surface area (Å²) in [6, 6.07) is 8.69. The van der Waals surface area contributed by atoms with Crippen LogP contribution in [0.15, 0.2) is 24.3 Å². The van der Waals surface area contributed by atoms with E-state index in [1.165, 1.54) is 79.1 Å². The molecular formula is C24H52FeP4. The maximum absolute atomic E-state index is 2.33. The maximum atomic E-state index is 2.33. The molecule has 2 saturated carbocycles. The van der Waals surface area contributed by atoms with Crippen molar-refractivity contribution >= 4 is 44.9 Å². The van der Waals surface area contributed by atoms with Crippen molar-refractivity contribution in [1.29, 1.82) is 0 Å². The van der Waals surface area contributed by atoms with Crippen LogP contribution in [0.1, 0.15) is 66.2 Å². The Morgan fingerprint density at radius 2 is 0.897 bits per heavy atom. The molecule has 0 heterocycles. The average Bonchev–Trinajstić information content (AvgIpc) is 3.35. The predicted molar refractivity (Wildman–Crippen MR) is 153 cm³/mol. The molecule has 2 aliphatic carbocycles. The van der Waals surface area contributed by atoms with Crippen LogP contribution in [0.3, 0.4) is 0 Å². The molecule has 0 aliphatic heterocycles. The van der Waals surface area contributed by atoms with Crippen LogP contribution in [-0.2, 0) is 17.1 Å². The van der Waals surface area contributed by atoms with Crippen LogP contribution in [0, 0.1) is 14.9 Å². The third-order valence-corrected chi connectivity index (χ3v) is 9.98. The maximum Gasteiger partial charge on any atom is 2.00 e. The summed E-state index contributed by atoms with van der Waals surface area (Å²) in [5, 5.41) is 3.06. The quantitative estimate of drug-likeness (QED) is 0.213. The Bertz CT molecular complexity index is 378. The average molecular weight is 520 g/mol. The van der Waals surface area contributed by atoms with Crippen LogP contribution in [0.5, 0.6) is 0 Å². The second kappa shape index (κ2) is 27.5. The largest absolute Gasteiger partial charge is 2.00 e. The zero-order chi connectivity index (χ0) is 17.6. The molecule has 29 heavy (non-hydrogen) atoms. The van der Waals surface area contributed by atoms with E-state index >= 15 is 0 Å². The van der Waals surface area contributed by atoms with Crippen molar-refractivity contribution in [3.8, 4) is 0 Å². The van der Waals surface area contributed by atoms with Gasteiger partial charge < -0.3 is 14.9 Å². The molecule has 1 aromatic carbocycles. The van der Waals surface area contributed by atoms with Gasteiger partial charge in [-0.3, -0.25) is 0 Å². The van der Waals surface area contributed by atoms with Gasteiger partial charge in [0.05, 0.1) is 0 Å². The van der Waals surface area contributed by atoms with E-state index in [1.54, 1.807) is 0 Å². The summed E-state index contributed by atoms with van der Waals surface area (Å²) in [4.78, 5) is 0. The molecule has 3 rings (SSSR count). The van der Waals surface area contributed by atoms with Gasteiger partial charge in [0, 0.05) is 0 Å². The first-order chi connectivity index (χ1) is 11.7. The van der Waals surface area contributed by atoms with Gasteiger partial charge in [0.25, 0.3) is 0 Å². The molecular weight excluding hydrogens is 468 g/mol. The van der Waals surface area contributed by atoms with Gasteiger partial charge in [-0.2, -0.15) is 0 Å². The van der Waals surface area contributed by atoms with Crippen LogP contribution in [0.2, 0.25) is 0 Å². The Morgan fingerprint density at radius 1 is 0.621 bits per heavy atom. The van der Waals surface area contributed by atoms with E-state index in [1.807, 2.05) is 0 Å². The summed E-state index contributed by atoms with van der Waals surface area (Å²) in [7, 11) is 4.31. The van der Waals surface area contributed by atoms with E-state index in [9.17, 15) is 0 Å². The second-order valence-electron chi connectivity index (χ2n) is 6.59. The zero-order valence-corrected chi connectivity index (χ0v) is 23.6. The summed E-state index contributed by atoms with van der Waals surface area (Å²) in [6.45, 7) is 9.13. The van der Waals surface area contributed by atoms with Crippen LogP contribution < -0.4 is 10.6 Å². The summed E-state index contributed by atoms with van der Waals surface area (Å²) >= 11 is 0. The molecule has 4 atom stereocenters. The fourth-order valence-electron chi connectivity index (χ4n) is 3.35. The van der Waals surface area contributed by atoms with Gasteiger partial charge in [-0.25, -0.2) is 0 Å². The fraction of sp³-hybridized carbons (Fsp3) is 0.667. The summed E-state index contributed by atoms with van der Waals surface area (Å²) in [6.07, 6.45) is 12.1. The summed E-state index contributed by atoms with van der Waals surface area (Å²) in [5.74, 6) is 0. The van der Waals surface area contributed by atoms with E-state index in [0.29, 0.717) is 0 Å². The predicted octanol–water partition coefficient (Wildman–Crippen LogP) is 8.20. The van der Waals surface area contributed by atoms with E-state index in [4.69, 9.17) is 0 Å². The molecule has 1 aromatic rings. The smallest absolute Gasteiger partial charge is 0.358 e. The first kappa shape index (κ1) is 40.8. The Labute approximate surface area is 204 Å². The van der Waals surface area contributed by atoms with Gasteiger partial charge in [-0.15, -0.1) is 17.2 Å². The summed E-state index contributed by atoms with van der Waals surface area (Å²) in [5.41, 5.74) is 2.25. The molecule has 5 heteroatoms. The van der Waals surface area contributed by atoms with Crippen molar-refractivity contribution in [1.82, 2.24) is 0 Å². The standard InChI is InChI=1S/C8H12P2.2C6H13P.2CH4.2CH3.Fe/c1-9-7-5-3-4-6-8(7)10-2;2*1-7-6-4-2-3-5-6;;;;;/h3-6,9-10H,1-2H3;2*6-7H,2-5H2,1H3;2*1H4;2*1H3;/q;;;;;2*-1;+2. The minimum absolute atomic E-state index is 0. The van der Waals surface area contributed by atoms with E-state index in [0.717, 1.165) is 28.5 Å². The molecule has 0 N–H and O–H groups in total. The number of hydrogen-bond acceptors (Lipinski definition) is 0. The molecule has 0 spiro atoms. The monoisotopic (exact) mass is 520 g/mol. The fourth-order valence-corrected chi connectivity index (χ4v) is 7.30. The van der Waals surface area contributed by atoms with Crippen molar-refractivity contribution in [2.75, 3.05) is 26.7 Å². The molecule has 0 aromatic heterocycles. The molecule has 4 unspecified atom stereocenters. The van der Waals surface area contributed by atoms with Gasteiger partial charge in [0.15, 0.2) is 0 Å². The Kier molecular flexibility index (Phi) is 38.7. The Balaban J connectivity index is -0.0000000930. The van der Waals surface area contributed by atoms with Crippen molar-refractivity contribution in [3.05, 3.63) is 39.1 Å². The van der Waals surface area contributed by atoms with Crippen LogP contribution in [0.4, 0.5) is 0 Å². The first-order valence-corrected chi connectivity index (χ1v) is 15.7. The van der Waals surface area contributed by atoms with Gasteiger partial charge >= 0.3 is 17.1 Å². The zero-order valence-electron chi connectivity index (χ0n) is 18.5. The van der Waals surface area contributed by atoms with Gasteiger partial charge in [0.1, 0.15) is 0 Å². The molecule has 2 fully saturated rings. The topological polar surface area (TPSA) is 0 Å². The summed E-state index contributed by atoms with van der Waals surface area (Å²) < 4.78 is 0. The Morgan fingerprint density at radius 3 is 1.07 bits per heavy atom. The molecule has 0 saturated heterocycles. The van der Waals surface area contributed by atoms with Crippen molar-refractivity contribution < 1.29 is 17.1 Å². The molecule has 0 bridgehead atoms. The second-order valence-corrected chi connectivity index (χ2v) is 11.5. The third kappa shape index (κ3) is 18.7. The minimum Gasteiger partial charge on any atom is -0.358 e. The number of benzene rings is 1. The van der Waals surface area contributed by atoms with Gasteiger partial charge in [0.2, 0.25) is 0 Å². The minimum atomic E-state index is 0. The van der Waals surface area contributed by atoms with E-state index in [2.05, 4.69) is 50.9 Å². The van der Waals surface area contributed by atoms with Gasteiger partial charge in [-0.1, -0.05) is 82.0 Å². The van der Waals surface area contributed by atoms with Crippen LogP contribution in [-0.4, -0.2) is 38.0 Å². The SMILES string of the molecule is C.C.CPC1CCCC1.CPC1CCCC1.CPc1ccccc1PC.[CH3-].[CH3-].[Fe+2]. The molecule has 176 valence electrons. The molecule has 2 aliphatic rings. The van der Waals surface area contributed by atoms with Gasteiger partial charge in [-0.05, 0) is 74.3 Å². The van der Waals surface area contributed by atoms with E-state index < -0.39 is 0 Å². The number of rotatable bonds is 4. The first-order valence-electron chi connectivity index (χ1n) is 9.54. The van der Waals surface area contributed by atoms with Crippen molar-refractivity contribution in [3.63, 3.8) is 0 Å². The molecule has 0 amide bonds. The third-order valence-electron chi connectivity index (χ3n) is 4.99. The van der Waals surface area contributed by atoms with Crippen molar-refractivity contribution in [2.45, 2.75) is 77.5 Å². The number of hydrogen-bond donors (Lipinski definition) is 0. The Hall–Kier alpha value is 1.46. The van der Waals surface area contributed by atoms with Crippen LogP contribution in [0.25, 0.3) is 0 Å².